The molecule has 6 rings (SSSR count). The van der Waals surface area contributed by atoms with Crippen LogP contribution in [0.15, 0.2) is 0 Å². The van der Waals surface area contributed by atoms with E-state index in [1.807, 2.05) is 83.1 Å². The van der Waals surface area contributed by atoms with Crippen molar-refractivity contribution in [2.24, 2.45) is 91.7 Å². The van der Waals surface area contributed by atoms with Gasteiger partial charge in [-0.3, -0.25) is 38.4 Å². The molecular weight excluding hydrogens is 1110 g/mol. The van der Waals surface area contributed by atoms with Gasteiger partial charge in [-0.2, -0.15) is 4.31 Å². The van der Waals surface area contributed by atoms with Crippen molar-refractivity contribution < 1.29 is 61.4 Å². The summed E-state index contributed by atoms with van der Waals surface area (Å²) in [5, 5.41) is 10.7. The number of piperidine rings is 2. The number of fused-ring (bicyclic) bond motifs is 2. The van der Waals surface area contributed by atoms with E-state index >= 15 is 0 Å². The molecule has 0 aromatic carbocycles. The first-order chi connectivity index (χ1) is 39.1. The number of methoxy groups -OCH3 is 1. The van der Waals surface area contributed by atoms with E-state index in [-0.39, 0.29) is 130 Å². The molecule has 6 aliphatic rings. The highest BCUT2D eigenvalue weighted by Gasteiger charge is 2.71. The van der Waals surface area contributed by atoms with Crippen LogP contribution in [-0.2, 0) is 57.9 Å². The fraction of sp³-hybridized carbons (Fsp3) is 0.870. The van der Waals surface area contributed by atoms with Crippen LogP contribution in [0, 0.1) is 91.7 Å². The second-order valence-electron chi connectivity index (χ2n) is 34.3. The molecule has 16 nitrogen and oxygen atoms in total. The summed E-state index contributed by atoms with van der Waals surface area (Å²) in [5.41, 5.74) is -2.05. The number of rotatable bonds is 27. The van der Waals surface area contributed by atoms with Crippen LogP contribution in [0.25, 0.3) is 0 Å². The number of carbonyl (C=O) groups excluding carboxylic acids is 9. The van der Waals surface area contributed by atoms with Crippen LogP contribution in [0.5, 0.6) is 0 Å². The molecule has 6 fully saturated rings. The van der Waals surface area contributed by atoms with Crippen LogP contribution in [0.3, 0.4) is 0 Å². The number of Topliss-reactive ketones (excluding diaryl/α,β-unsaturated/α-hetero) is 6. The van der Waals surface area contributed by atoms with E-state index in [0.717, 1.165) is 38.5 Å². The number of amides is 2. The molecular formula is C69H115N3O13S. The van der Waals surface area contributed by atoms with Gasteiger partial charge in [0, 0.05) is 94.3 Å². The van der Waals surface area contributed by atoms with Crippen molar-refractivity contribution in [3.63, 3.8) is 0 Å². The van der Waals surface area contributed by atoms with Crippen molar-refractivity contribution in [3.05, 3.63) is 0 Å². The molecule has 11 atom stereocenters. The minimum Gasteiger partial charge on any atom is -0.467 e. The van der Waals surface area contributed by atoms with Gasteiger partial charge in [0.1, 0.15) is 11.6 Å². The van der Waals surface area contributed by atoms with Crippen molar-refractivity contribution in [1.82, 2.24) is 14.1 Å². The Bertz CT molecular complexity index is 2630. The number of hydrogen-bond acceptors (Lipinski definition) is 13. The number of likely N-dealkylation sites (tertiary alicyclic amines) is 2. The lowest BCUT2D eigenvalue weighted by molar-refractivity contribution is -0.155. The van der Waals surface area contributed by atoms with Gasteiger partial charge in [-0.1, -0.05) is 149 Å². The molecule has 2 amide bonds. The zero-order valence-electron chi connectivity index (χ0n) is 57.0. The standard InChI is InChI=1S/C38H64N2O7S.C31H51NO6/c1-35(2,3)22-26(41)21-27(36(4,5)6)34(45)40-23-28-31(38(28,10)11)32(40)30(43)20-25(19-24-15-13-16-24)33(44)29(42)17-14-18-48(46,47)39(12)37(7,8)9;1-29(2,3)16-20(33)15-21(30(4,5)6)27(36)32-17-22-24(31(22,7)8)25(32)23(34)14-19(13-18-11-10-12-18)26(35)28(37)38-9/h24-25,27-28,31-32H,13-23H2,1-12H3;18-19,21-22,24-26,35H,10-17H2,1-9H3/t25?,27-,28?,31?,32-;19?,21-,22?,24?,25-,26?/m11/s1. The maximum atomic E-state index is 14.3. The second-order valence-corrected chi connectivity index (χ2v) is 36.4. The quantitative estimate of drug-likeness (QED) is 0.0597. The second kappa shape index (κ2) is 27.0. The number of sulfonamides is 1. The van der Waals surface area contributed by atoms with Gasteiger partial charge in [-0.05, 0) is 108 Å². The molecule has 0 spiro atoms. The number of ketones is 6. The molecule has 17 heteroatoms. The summed E-state index contributed by atoms with van der Waals surface area (Å²) in [6.07, 6.45) is 6.71. The molecule has 2 saturated heterocycles. The summed E-state index contributed by atoms with van der Waals surface area (Å²) < 4.78 is 31.7. The third kappa shape index (κ3) is 18.0. The summed E-state index contributed by atoms with van der Waals surface area (Å²) >= 11 is 0. The zero-order chi connectivity index (χ0) is 65.6. The fourth-order valence-electron chi connectivity index (χ4n) is 14.7. The Balaban J connectivity index is 0.000000322. The van der Waals surface area contributed by atoms with Gasteiger partial charge in [-0.15, -0.1) is 0 Å². The molecule has 490 valence electrons. The van der Waals surface area contributed by atoms with E-state index in [9.17, 15) is 56.7 Å². The van der Waals surface area contributed by atoms with Gasteiger partial charge in [0.2, 0.25) is 27.6 Å². The predicted octanol–water partition coefficient (Wildman–Crippen LogP) is 11.1. The Kier molecular flexibility index (Phi) is 22.9. The van der Waals surface area contributed by atoms with E-state index in [0.29, 0.717) is 44.7 Å². The molecule has 2 aliphatic heterocycles. The van der Waals surface area contributed by atoms with E-state index in [2.05, 4.69) is 27.7 Å². The zero-order valence-corrected chi connectivity index (χ0v) is 57.9. The van der Waals surface area contributed by atoms with Crippen LogP contribution >= 0.6 is 0 Å². The number of hydrogen-bond donors (Lipinski definition) is 1. The van der Waals surface area contributed by atoms with Crippen molar-refractivity contribution in [3.8, 4) is 0 Å². The Morgan fingerprint density at radius 1 is 0.605 bits per heavy atom. The minimum atomic E-state index is -3.61. The van der Waals surface area contributed by atoms with Gasteiger partial charge in [0.15, 0.2) is 23.5 Å². The van der Waals surface area contributed by atoms with Crippen molar-refractivity contribution >= 4 is 62.5 Å². The Morgan fingerprint density at radius 3 is 1.35 bits per heavy atom. The number of ether oxygens (including phenoxy) is 1. The van der Waals surface area contributed by atoms with E-state index < -0.39 is 85.8 Å². The van der Waals surface area contributed by atoms with E-state index in [1.54, 1.807) is 30.6 Å². The van der Waals surface area contributed by atoms with Crippen molar-refractivity contribution in [2.45, 2.75) is 258 Å². The largest absolute Gasteiger partial charge is 0.467 e. The number of esters is 1. The lowest BCUT2D eigenvalue weighted by Crippen LogP contribution is -2.51. The third-order valence-corrected chi connectivity index (χ3v) is 23.2. The summed E-state index contributed by atoms with van der Waals surface area (Å²) in [5.74, 6) is -3.94. The van der Waals surface area contributed by atoms with Gasteiger partial charge >= 0.3 is 5.97 Å². The number of aliphatic hydroxyl groups excluding tert-OH is 1. The lowest BCUT2D eigenvalue weighted by atomic mass is 9.74. The smallest absolute Gasteiger partial charge is 0.334 e. The van der Waals surface area contributed by atoms with Crippen LogP contribution in [0.2, 0.25) is 0 Å². The fourth-order valence-corrected chi connectivity index (χ4v) is 16.4. The third-order valence-electron chi connectivity index (χ3n) is 21.0. The summed E-state index contributed by atoms with van der Waals surface area (Å²) in [4.78, 5) is 125. The maximum Gasteiger partial charge on any atom is 0.334 e. The average Bonchev–Trinajstić information content (AvgIpc) is 1.54. The van der Waals surface area contributed by atoms with Gasteiger partial charge in [-0.25, -0.2) is 13.2 Å². The number of aliphatic hydroxyl groups is 1. The molecule has 2 heterocycles. The first kappa shape index (κ1) is 73.0. The molecule has 4 aliphatic carbocycles. The maximum absolute atomic E-state index is 14.3. The Labute approximate surface area is 518 Å². The monoisotopic (exact) mass is 1230 g/mol. The summed E-state index contributed by atoms with van der Waals surface area (Å²) in [6.45, 7) is 38.8. The highest BCUT2D eigenvalue weighted by atomic mass is 32.2. The lowest BCUT2D eigenvalue weighted by Gasteiger charge is -2.38. The normalized spacial score (nSPS) is 25.4. The van der Waals surface area contributed by atoms with Gasteiger partial charge in [0.25, 0.3) is 0 Å². The van der Waals surface area contributed by atoms with Crippen LogP contribution in [0.4, 0.5) is 0 Å². The summed E-state index contributed by atoms with van der Waals surface area (Å²) in [7, 11) is -0.849. The van der Waals surface area contributed by atoms with Gasteiger partial charge < -0.3 is 19.6 Å². The summed E-state index contributed by atoms with van der Waals surface area (Å²) in [6, 6.07) is -1.27. The average molecular weight is 1230 g/mol. The number of carbonyl (C=O) groups is 9. The Morgan fingerprint density at radius 2 is 1.00 bits per heavy atom. The molecule has 0 bridgehead atoms. The van der Waals surface area contributed by atoms with E-state index in [1.165, 1.54) is 18.5 Å². The first-order valence-electron chi connectivity index (χ1n) is 32.6. The molecule has 0 radical (unpaired) electrons. The van der Waals surface area contributed by atoms with Crippen LogP contribution in [-0.4, -0.2) is 137 Å². The molecule has 0 aromatic rings. The first-order valence-corrected chi connectivity index (χ1v) is 34.2. The molecule has 1 N–H and O–H groups in total. The van der Waals surface area contributed by atoms with Gasteiger partial charge in [0.05, 0.1) is 24.9 Å². The SMILES string of the molecule is CN(C(C)(C)C)S(=O)(=O)CCCC(=O)C(=O)C(CC(=O)[C@@H]1C2C(CN1C(=O)[C@@H](CC(=O)CC(C)(C)C)C(C)(C)C)C2(C)C)CC1CCC1.COC(=O)C(O)C(CC(=O)[C@@H]1C2C(CN1C(=O)[C@@H](CC(=O)CC(C)(C)C)C(C)(C)C)C2(C)C)CC1CCC1. The molecule has 0 aromatic heterocycles. The van der Waals surface area contributed by atoms with E-state index in [4.69, 9.17) is 4.74 Å². The van der Waals surface area contributed by atoms with Crippen LogP contribution in [0.1, 0.15) is 234 Å². The molecule has 4 saturated carbocycles. The van der Waals surface area contributed by atoms with Crippen LogP contribution < -0.4 is 0 Å². The minimum absolute atomic E-state index is 0.0278. The predicted molar refractivity (Wildman–Crippen MR) is 335 cm³/mol. The Hall–Kier alpha value is -3.70. The van der Waals surface area contributed by atoms with Crippen molar-refractivity contribution in [1.29, 1.82) is 0 Å². The molecule has 86 heavy (non-hydrogen) atoms. The van der Waals surface area contributed by atoms with Crippen molar-refractivity contribution in [2.75, 3.05) is 33.0 Å². The highest BCUT2D eigenvalue weighted by molar-refractivity contribution is 7.89. The number of nitrogens with zero attached hydrogens (tertiary/aromatic N) is 3. The topological polar surface area (TPSA) is 227 Å². The highest BCUT2D eigenvalue weighted by Crippen LogP contribution is 2.67. The molecule has 7 unspecified atom stereocenters.